The average molecular weight is 498 g/mol. The van der Waals surface area contributed by atoms with Crippen molar-refractivity contribution in [1.82, 2.24) is 5.43 Å². The zero-order chi connectivity index (χ0) is 25.4. The van der Waals surface area contributed by atoms with Crippen LogP contribution in [0.2, 0.25) is 5.02 Å². The summed E-state index contributed by atoms with van der Waals surface area (Å²) in [4.78, 5) is 23.4. The fourth-order valence-corrected chi connectivity index (χ4v) is 3.22. The van der Waals surface area contributed by atoms with Gasteiger partial charge >= 0.3 is 0 Å². The van der Waals surface area contributed by atoms with Gasteiger partial charge in [0.05, 0.1) is 25.5 Å². The summed E-state index contributed by atoms with van der Waals surface area (Å²) in [5.74, 6) is 0.480. The molecule has 9 nitrogen and oxygen atoms in total. The number of nitrogens with one attached hydrogen (secondary N) is 2. The second kappa shape index (κ2) is 11.8. The quantitative estimate of drug-likeness (QED) is 0.298. The number of halogens is 1. The molecule has 3 N–H and O–H groups in total. The minimum atomic E-state index is -0.494. The number of nitrogens with zero attached hydrogens (tertiary/aromatic N) is 1. The van der Waals surface area contributed by atoms with Crippen LogP contribution in [0.1, 0.15) is 28.4 Å². The Bertz CT molecular complexity index is 1220. The summed E-state index contributed by atoms with van der Waals surface area (Å²) in [6, 6.07) is 14.7. The number of anilines is 1. The molecule has 0 heterocycles. The van der Waals surface area contributed by atoms with Gasteiger partial charge in [0.1, 0.15) is 12.4 Å². The van der Waals surface area contributed by atoms with E-state index in [1.54, 1.807) is 24.3 Å². The fraction of sp³-hybridized carbons (Fsp3) is 0.160. The lowest BCUT2D eigenvalue weighted by Gasteiger charge is -2.15. The van der Waals surface area contributed by atoms with Crippen LogP contribution in [0.5, 0.6) is 23.0 Å². The van der Waals surface area contributed by atoms with Crippen molar-refractivity contribution >= 4 is 35.3 Å². The van der Waals surface area contributed by atoms with Crippen LogP contribution in [0.3, 0.4) is 0 Å². The van der Waals surface area contributed by atoms with Gasteiger partial charge in [0.15, 0.2) is 11.5 Å². The zero-order valence-electron chi connectivity index (χ0n) is 19.3. The van der Waals surface area contributed by atoms with E-state index < -0.39 is 5.91 Å². The van der Waals surface area contributed by atoms with Crippen LogP contribution in [0.15, 0.2) is 59.7 Å². The van der Waals surface area contributed by atoms with E-state index in [0.717, 1.165) is 5.56 Å². The highest BCUT2D eigenvalue weighted by molar-refractivity contribution is 6.32. The molecule has 0 aliphatic carbocycles. The topological polar surface area (TPSA) is 118 Å². The number of carbonyl (C=O) groups is 2. The van der Waals surface area contributed by atoms with Crippen molar-refractivity contribution in [2.24, 2.45) is 5.10 Å². The lowest BCUT2D eigenvalue weighted by molar-refractivity contribution is -0.114. The van der Waals surface area contributed by atoms with E-state index in [0.29, 0.717) is 28.5 Å². The van der Waals surface area contributed by atoms with Crippen LogP contribution < -0.4 is 25.0 Å². The van der Waals surface area contributed by atoms with E-state index in [1.807, 2.05) is 12.1 Å². The lowest BCUT2D eigenvalue weighted by Crippen LogP contribution is -2.17. The smallest absolute Gasteiger partial charge is 0.271 e. The van der Waals surface area contributed by atoms with Gasteiger partial charge in [-0.3, -0.25) is 9.59 Å². The summed E-state index contributed by atoms with van der Waals surface area (Å²) in [6.07, 6.45) is 1.43. The van der Waals surface area contributed by atoms with E-state index in [2.05, 4.69) is 15.8 Å². The first-order valence-corrected chi connectivity index (χ1v) is 10.8. The number of amides is 2. The van der Waals surface area contributed by atoms with Gasteiger partial charge in [-0.05, 0) is 48.0 Å². The molecule has 0 unspecified atom stereocenters. The standard InChI is InChI=1S/C25H24ClN3O6/c1-15(30)28-19-7-4-16(5-8-19)14-35-24-22(33-2)10-17(11-23(24)34-3)13-27-29-25(32)18-6-9-21(31)20(26)12-18/h4-13,31H,14H2,1-3H3,(H,28,30)(H,29,32)/b27-13+. The van der Waals surface area contributed by atoms with Crippen molar-refractivity contribution in [2.45, 2.75) is 13.5 Å². The van der Waals surface area contributed by atoms with Gasteiger partial charge in [0.25, 0.3) is 5.91 Å². The summed E-state index contributed by atoms with van der Waals surface area (Å²) < 4.78 is 16.9. The molecule has 2 amide bonds. The number of hydrogen-bond donors (Lipinski definition) is 3. The predicted molar refractivity (Wildman–Crippen MR) is 133 cm³/mol. The molecule has 182 valence electrons. The molecule has 0 radical (unpaired) electrons. The third kappa shape index (κ3) is 6.87. The highest BCUT2D eigenvalue weighted by Crippen LogP contribution is 2.38. The maximum atomic E-state index is 12.2. The SMILES string of the molecule is COc1cc(/C=N/NC(=O)c2ccc(O)c(Cl)c2)cc(OC)c1OCc1ccc(NC(C)=O)cc1. The van der Waals surface area contributed by atoms with Crippen molar-refractivity contribution in [2.75, 3.05) is 19.5 Å². The lowest BCUT2D eigenvalue weighted by atomic mass is 10.2. The normalized spacial score (nSPS) is 10.6. The monoisotopic (exact) mass is 497 g/mol. The van der Waals surface area contributed by atoms with Crippen molar-refractivity contribution in [1.29, 1.82) is 0 Å². The molecule has 35 heavy (non-hydrogen) atoms. The molecule has 10 heteroatoms. The predicted octanol–water partition coefficient (Wildman–Crippen LogP) is 4.36. The summed E-state index contributed by atoms with van der Waals surface area (Å²) in [6.45, 7) is 1.69. The van der Waals surface area contributed by atoms with Crippen LogP contribution >= 0.6 is 11.6 Å². The maximum absolute atomic E-state index is 12.2. The molecule has 0 saturated heterocycles. The van der Waals surface area contributed by atoms with Crippen molar-refractivity contribution < 1.29 is 28.9 Å². The Morgan fingerprint density at radius 2 is 1.69 bits per heavy atom. The van der Waals surface area contributed by atoms with Gasteiger partial charge in [-0.25, -0.2) is 5.43 Å². The van der Waals surface area contributed by atoms with E-state index in [4.69, 9.17) is 25.8 Å². The summed E-state index contributed by atoms with van der Waals surface area (Å²) in [5, 5.41) is 16.2. The van der Waals surface area contributed by atoms with E-state index in [1.165, 1.54) is 45.6 Å². The number of carbonyl (C=O) groups excluding carboxylic acids is 2. The average Bonchev–Trinajstić information content (AvgIpc) is 2.84. The van der Waals surface area contributed by atoms with E-state index >= 15 is 0 Å². The number of hydrogen-bond acceptors (Lipinski definition) is 7. The zero-order valence-corrected chi connectivity index (χ0v) is 20.1. The molecule has 0 spiro atoms. The van der Waals surface area contributed by atoms with Gasteiger partial charge in [-0.2, -0.15) is 5.10 Å². The van der Waals surface area contributed by atoms with Crippen molar-refractivity contribution in [3.8, 4) is 23.0 Å². The molecular weight excluding hydrogens is 474 g/mol. The molecule has 0 aromatic heterocycles. The largest absolute Gasteiger partial charge is 0.506 e. The molecule has 0 bridgehead atoms. The molecule has 0 atom stereocenters. The van der Waals surface area contributed by atoms with Crippen molar-refractivity contribution in [3.05, 3.63) is 76.3 Å². The van der Waals surface area contributed by atoms with Crippen LogP contribution in [0, 0.1) is 0 Å². The summed E-state index contributed by atoms with van der Waals surface area (Å²) in [7, 11) is 3.00. The highest BCUT2D eigenvalue weighted by Gasteiger charge is 2.14. The molecule has 0 fully saturated rings. The van der Waals surface area contributed by atoms with Crippen LogP contribution in [0.25, 0.3) is 0 Å². The molecule has 0 aliphatic rings. The number of phenolic OH excluding ortho intramolecular Hbond substituents is 1. The van der Waals surface area contributed by atoms with Gasteiger partial charge in [0.2, 0.25) is 11.7 Å². The number of ether oxygens (including phenoxy) is 3. The minimum absolute atomic E-state index is 0.0651. The van der Waals surface area contributed by atoms with Gasteiger partial charge in [0, 0.05) is 23.7 Å². The van der Waals surface area contributed by atoms with Gasteiger partial charge in [-0.1, -0.05) is 23.7 Å². The van der Waals surface area contributed by atoms with E-state index in [9.17, 15) is 14.7 Å². The van der Waals surface area contributed by atoms with Gasteiger partial charge in [-0.15, -0.1) is 0 Å². The second-order valence-electron chi connectivity index (χ2n) is 7.29. The van der Waals surface area contributed by atoms with E-state index in [-0.39, 0.29) is 28.8 Å². The number of hydrazone groups is 1. The Balaban J connectivity index is 1.70. The first kappa shape index (κ1) is 25.4. The Hall–Kier alpha value is -4.24. The van der Waals surface area contributed by atoms with Crippen LogP contribution in [-0.2, 0) is 11.4 Å². The number of rotatable bonds is 9. The number of aromatic hydroxyl groups is 1. The second-order valence-corrected chi connectivity index (χ2v) is 7.69. The fourth-order valence-electron chi connectivity index (χ4n) is 3.04. The highest BCUT2D eigenvalue weighted by atomic mass is 35.5. The number of phenols is 1. The molecule has 3 aromatic carbocycles. The third-order valence-electron chi connectivity index (χ3n) is 4.73. The van der Waals surface area contributed by atoms with Crippen molar-refractivity contribution in [3.63, 3.8) is 0 Å². The Labute approximate surface area is 207 Å². The molecular formula is C25H24ClN3O6. The van der Waals surface area contributed by atoms with Crippen LogP contribution in [0.4, 0.5) is 5.69 Å². The number of methoxy groups -OCH3 is 2. The Morgan fingerprint density at radius 3 is 2.26 bits per heavy atom. The maximum Gasteiger partial charge on any atom is 0.271 e. The third-order valence-corrected chi connectivity index (χ3v) is 5.03. The molecule has 0 saturated carbocycles. The number of benzene rings is 3. The van der Waals surface area contributed by atoms with Gasteiger partial charge < -0.3 is 24.6 Å². The summed E-state index contributed by atoms with van der Waals surface area (Å²) >= 11 is 5.84. The molecule has 0 aliphatic heterocycles. The van der Waals surface area contributed by atoms with Crippen LogP contribution in [-0.4, -0.2) is 37.4 Å². The minimum Gasteiger partial charge on any atom is -0.506 e. The first-order chi connectivity index (χ1) is 16.8. The molecule has 3 rings (SSSR count). The summed E-state index contributed by atoms with van der Waals surface area (Å²) in [5.41, 5.74) is 4.81. The Kier molecular flexibility index (Phi) is 8.53. The Morgan fingerprint density at radius 1 is 1.03 bits per heavy atom. The molecule has 3 aromatic rings. The first-order valence-electron chi connectivity index (χ1n) is 10.4.